The summed E-state index contributed by atoms with van der Waals surface area (Å²) in [6.07, 6.45) is 3.51. The van der Waals surface area contributed by atoms with Gasteiger partial charge in [-0.3, -0.25) is 9.88 Å². The van der Waals surface area contributed by atoms with E-state index in [0.29, 0.717) is 18.3 Å². The first-order valence-corrected chi connectivity index (χ1v) is 8.67. The molecule has 0 atom stereocenters. The molecule has 0 unspecified atom stereocenters. The first kappa shape index (κ1) is 18.8. The summed E-state index contributed by atoms with van der Waals surface area (Å²) in [5, 5.41) is 1.62. The SMILES string of the molecule is C=C(OC(C)(C)C)N(CC#CC)c1sc(-c2cccnc2)nc1OC. The highest BCUT2D eigenvalue weighted by Gasteiger charge is 2.24. The summed E-state index contributed by atoms with van der Waals surface area (Å²) in [6, 6.07) is 3.84. The lowest BCUT2D eigenvalue weighted by atomic mass is 10.2. The van der Waals surface area contributed by atoms with E-state index in [1.807, 2.05) is 37.8 Å². The molecule has 0 bridgehead atoms. The fourth-order valence-electron chi connectivity index (χ4n) is 2.05. The van der Waals surface area contributed by atoms with E-state index in [-0.39, 0.29) is 5.60 Å². The average Bonchev–Trinajstić information content (AvgIpc) is 2.98. The van der Waals surface area contributed by atoms with Crippen LogP contribution in [0.2, 0.25) is 0 Å². The Morgan fingerprint density at radius 3 is 2.72 bits per heavy atom. The predicted octanol–water partition coefficient (Wildman–Crippen LogP) is 4.33. The monoisotopic (exact) mass is 357 g/mol. The maximum absolute atomic E-state index is 5.94. The zero-order valence-electron chi connectivity index (χ0n) is 15.3. The van der Waals surface area contributed by atoms with Crippen LogP contribution < -0.4 is 9.64 Å². The van der Waals surface area contributed by atoms with Crippen molar-refractivity contribution in [2.24, 2.45) is 0 Å². The van der Waals surface area contributed by atoms with Gasteiger partial charge in [-0.25, -0.2) is 0 Å². The third-order valence-electron chi connectivity index (χ3n) is 3.07. The third kappa shape index (κ3) is 4.97. The lowest BCUT2D eigenvalue weighted by Crippen LogP contribution is -2.29. The van der Waals surface area contributed by atoms with Gasteiger partial charge in [-0.2, -0.15) is 4.98 Å². The Hall–Kier alpha value is -2.52. The Morgan fingerprint density at radius 2 is 2.16 bits per heavy atom. The molecule has 2 heterocycles. The second-order valence-electron chi connectivity index (χ2n) is 6.20. The highest BCUT2D eigenvalue weighted by atomic mass is 32.1. The van der Waals surface area contributed by atoms with Crippen molar-refractivity contribution in [3.8, 4) is 28.3 Å². The first-order chi connectivity index (χ1) is 11.9. The molecule has 0 N–H and O–H groups in total. The zero-order chi connectivity index (χ0) is 18.4. The van der Waals surface area contributed by atoms with E-state index >= 15 is 0 Å². The van der Waals surface area contributed by atoms with Crippen molar-refractivity contribution in [1.29, 1.82) is 0 Å². The Balaban J connectivity index is 2.43. The quantitative estimate of drug-likeness (QED) is 0.569. The highest BCUT2D eigenvalue weighted by Crippen LogP contribution is 2.41. The average molecular weight is 357 g/mol. The van der Waals surface area contributed by atoms with Crippen molar-refractivity contribution in [2.45, 2.75) is 33.3 Å². The minimum atomic E-state index is -0.362. The largest absolute Gasteiger partial charge is 0.479 e. The topological polar surface area (TPSA) is 47.5 Å². The molecule has 0 aliphatic heterocycles. The molecule has 132 valence electrons. The van der Waals surface area contributed by atoms with E-state index in [0.717, 1.165) is 15.6 Å². The number of nitrogens with zero attached hydrogens (tertiary/aromatic N) is 3. The maximum atomic E-state index is 5.94. The Morgan fingerprint density at radius 1 is 1.40 bits per heavy atom. The summed E-state index contributed by atoms with van der Waals surface area (Å²) in [4.78, 5) is 10.6. The van der Waals surface area contributed by atoms with Gasteiger partial charge in [0.1, 0.15) is 10.6 Å². The van der Waals surface area contributed by atoms with Gasteiger partial charge in [0, 0.05) is 18.0 Å². The summed E-state index contributed by atoms with van der Waals surface area (Å²) < 4.78 is 11.4. The fraction of sp³-hybridized carbons (Fsp3) is 0.368. The van der Waals surface area contributed by atoms with Crippen molar-refractivity contribution in [2.75, 3.05) is 18.6 Å². The van der Waals surface area contributed by atoms with Gasteiger partial charge in [0.2, 0.25) is 5.88 Å². The van der Waals surface area contributed by atoms with Crippen molar-refractivity contribution >= 4 is 16.3 Å². The minimum Gasteiger partial charge on any atom is -0.479 e. The van der Waals surface area contributed by atoms with Gasteiger partial charge in [-0.15, -0.1) is 5.92 Å². The molecule has 0 spiro atoms. The lowest BCUT2D eigenvalue weighted by molar-refractivity contribution is 0.0496. The molecule has 0 aromatic carbocycles. The smallest absolute Gasteiger partial charge is 0.250 e. The number of pyridine rings is 1. The van der Waals surface area contributed by atoms with Crippen LogP contribution in [0.15, 0.2) is 37.0 Å². The van der Waals surface area contributed by atoms with Crippen LogP contribution in [0.25, 0.3) is 10.6 Å². The van der Waals surface area contributed by atoms with Gasteiger partial charge in [0.15, 0.2) is 10.9 Å². The minimum absolute atomic E-state index is 0.362. The van der Waals surface area contributed by atoms with Crippen molar-refractivity contribution in [1.82, 2.24) is 9.97 Å². The number of hydrogen-bond donors (Lipinski definition) is 0. The molecule has 0 radical (unpaired) electrons. The van der Waals surface area contributed by atoms with Gasteiger partial charge < -0.3 is 9.47 Å². The van der Waals surface area contributed by atoms with Gasteiger partial charge in [-0.1, -0.05) is 17.3 Å². The van der Waals surface area contributed by atoms with Crippen LogP contribution in [-0.2, 0) is 4.74 Å². The first-order valence-electron chi connectivity index (χ1n) is 7.86. The zero-order valence-corrected chi connectivity index (χ0v) is 16.1. The number of thiazole rings is 1. The maximum Gasteiger partial charge on any atom is 0.250 e. The van der Waals surface area contributed by atoms with Crippen LogP contribution in [0.4, 0.5) is 5.00 Å². The van der Waals surface area contributed by atoms with Crippen LogP contribution >= 0.6 is 11.3 Å². The van der Waals surface area contributed by atoms with E-state index in [9.17, 15) is 0 Å². The summed E-state index contributed by atoms with van der Waals surface area (Å²) in [7, 11) is 1.60. The van der Waals surface area contributed by atoms with E-state index < -0.39 is 0 Å². The summed E-state index contributed by atoms with van der Waals surface area (Å²) in [5.41, 5.74) is 0.569. The van der Waals surface area contributed by atoms with Gasteiger partial charge in [0.25, 0.3) is 0 Å². The van der Waals surface area contributed by atoms with Crippen molar-refractivity contribution in [3.63, 3.8) is 0 Å². The second-order valence-corrected chi connectivity index (χ2v) is 7.17. The highest BCUT2D eigenvalue weighted by molar-refractivity contribution is 7.19. The molecular weight excluding hydrogens is 334 g/mol. The summed E-state index contributed by atoms with van der Waals surface area (Å²) >= 11 is 1.49. The molecule has 2 rings (SSSR count). The van der Waals surface area contributed by atoms with Crippen LogP contribution in [0.3, 0.4) is 0 Å². The van der Waals surface area contributed by atoms with E-state index in [2.05, 4.69) is 28.4 Å². The van der Waals surface area contributed by atoms with Crippen LogP contribution in [0, 0.1) is 11.8 Å². The van der Waals surface area contributed by atoms with Crippen molar-refractivity contribution in [3.05, 3.63) is 37.0 Å². The number of hydrogen-bond acceptors (Lipinski definition) is 6. The van der Waals surface area contributed by atoms with Crippen LogP contribution in [0.1, 0.15) is 27.7 Å². The molecular formula is C19H23N3O2S. The molecule has 2 aromatic heterocycles. The second kappa shape index (κ2) is 8.04. The Kier molecular flexibility index (Phi) is 6.05. The molecule has 0 aliphatic carbocycles. The van der Waals surface area contributed by atoms with Gasteiger partial charge in [0.05, 0.1) is 13.7 Å². The van der Waals surface area contributed by atoms with Gasteiger partial charge in [-0.05, 0) is 46.4 Å². The number of rotatable bonds is 6. The number of anilines is 1. The number of ether oxygens (including phenoxy) is 2. The molecule has 6 heteroatoms. The normalized spacial score (nSPS) is 10.6. The standard InChI is InChI=1S/C19H23N3O2S/c1-7-8-12-22(14(2)24-19(3,4)5)18-16(23-6)21-17(25-18)15-10-9-11-20-13-15/h9-11,13H,2,12H2,1,3-6H3. The number of methoxy groups -OCH3 is 1. The van der Waals surface area contributed by atoms with Crippen molar-refractivity contribution < 1.29 is 9.47 Å². The summed E-state index contributed by atoms with van der Waals surface area (Å²) in [5.74, 6) is 6.99. The summed E-state index contributed by atoms with van der Waals surface area (Å²) in [6.45, 7) is 12.3. The van der Waals surface area contributed by atoms with E-state index in [1.165, 1.54) is 11.3 Å². The molecule has 0 fully saturated rings. The Labute approximate surface area is 153 Å². The van der Waals surface area contributed by atoms with Gasteiger partial charge >= 0.3 is 0 Å². The van der Waals surface area contributed by atoms with E-state index in [4.69, 9.17) is 9.47 Å². The molecule has 5 nitrogen and oxygen atoms in total. The lowest BCUT2D eigenvalue weighted by Gasteiger charge is -2.29. The fourth-order valence-corrected chi connectivity index (χ4v) is 3.10. The number of aromatic nitrogens is 2. The third-order valence-corrected chi connectivity index (χ3v) is 4.17. The molecule has 25 heavy (non-hydrogen) atoms. The molecule has 0 amide bonds. The van der Waals surface area contributed by atoms with E-state index in [1.54, 1.807) is 26.4 Å². The molecule has 0 saturated carbocycles. The van der Waals surface area contributed by atoms with Crippen LogP contribution in [-0.4, -0.2) is 29.2 Å². The predicted molar refractivity (Wildman–Crippen MR) is 103 cm³/mol. The molecule has 0 aliphatic rings. The Bertz CT molecular complexity index is 782. The molecule has 0 saturated heterocycles. The van der Waals surface area contributed by atoms with Crippen LogP contribution in [0.5, 0.6) is 5.88 Å². The molecule has 2 aromatic rings.